The van der Waals surface area contributed by atoms with Crippen LogP contribution in [0, 0.1) is 15.9 Å². The minimum atomic E-state index is -4.90. The Bertz CT molecular complexity index is 1080. The van der Waals surface area contributed by atoms with Gasteiger partial charge in [-0.2, -0.15) is 13.2 Å². The summed E-state index contributed by atoms with van der Waals surface area (Å²) in [5, 5.41) is 10.8. The van der Waals surface area contributed by atoms with Gasteiger partial charge in [0.05, 0.1) is 10.6 Å². The summed E-state index contributed by atoms with van der Waals surface area (Å²) in [7, 11) is 0. The Balaban J connectivity index is 1.61. The number of non-ortho nitro benzene ring substituents is 1. The molecule has 33 heavy (non-hydrogen) atoms. The number of piperazine rings is 1. The lowest BCUT2D eigenvalue weighted by molar-refractivity contribution is -0.385. The Morgan fingerprint density at radius 1 is 1.09 bits per heavy atom. The number of ether oxygens (including phenoxy) is 1. The molecule has 1 aliphatic rings. The number of halogens is 4. The van der Waals surface area contributed by atoms with Gasteiger partial charge in [-0.05, 0) is 31.2 Å². The zero-order valence-corrected chi connectivity index (χ0v) is 17.4. The van der Waals surface area contributed by atoms with E-state index >= 15 is 0 Å². The maximum atomic E-state index is 14.3. The number of hydrogen-bond acceptors (Lipinski definition) is 6. The van der Waals surface area contributed by atoms with Crippen LogP contribution < -0.4 is 9.64 Å². The van der Waals surface area contributed by atoms with E-state index in [1.54, 1.807) is 4.90 Å². The van der Waals surface area contributed by atoms with E-state index in [4.69, 9.17) is 4.74 Å². The van der Waals surface area contributed by atoms with E-state index < -0.39 is 46.4 Å². The van der Waals surface area contributed by atoms with Crippen molar-refractivity contribution in [2.75, 3.05) is 37.7 Å². The number of nitrogens with zero attached hydrogens (tertiary/aromatic N) is 3. The summed E-state index contributed by atoms with van der Waals surface area (Å²) in [6, 6.07) is 6.16. The molecule has 0 N–H and O–H groups in total. The number of carbonyl (C=O) groups excluding carboxylic acids is 2. The Morgan fingerprint density at radius 2 is 1.76 bits per heavy atom. The molecule has 1 amide bonds. The first-order valence-corrected chi connectivity index (χ1v) is 9.79. The van der Waals surface area contributed by atoms with Crippen molar-refractivity contribution in [2.24, 2.45) is 0 Å². The van der Waals surface area contributed by atoms with Crippen molar-refractivity contribution in [2.45, 2.75) is 13.1 Å². The molecule has 0 atom stereocenters. The first-order chi connectivity index (χ1) is 15.5. The van der Waals surface area contributed by atoms with Crippen molar-refractivity contribution in [3.8, 4) is 5.75 Å². The lowest BCUT2D eigenvalue weighted by Gasteiger charge is -2.36. The molecule has 12 heteroatoms. The fourth-order valence-corrected chi connectivity index (χ4v) is 3.39. The average Bonchev–Trinajstić information content (AvgIpc) is 2.76. The molecule has 1 heterocycles. The number of hydrogen-bond donors (Lipinski definition) is 0. The highest BCUT2D eigenvalue weighted by atomic mass is 19.4. The molecule has 0 bridgehead atoms. The molecule has 0 aliphatic carbocycles. The summed E-state index contributed by atoms with van der Waals surface area (Å²) in [5.41, 5.74) is -1.57. The van der Waals surface area contributed by atoms with Gasteiger partial charge in [0.1, 0.15) is 17.1 Å². The van der Waals surface area contributed by atoms with Crippen LogP contribution in [-0.2, 0) is 11.0 Å². The minimum Gasteiger partial charge on any atom is -0.483 e. The number of carbonyl (C=O) groups is 2. The average molecular weight is 469 g/mol. The van der Waals surface area contributed by atoms with Gasteiger partial charge >= 0.3 is 6.18 Å². The van der Waals surface area contributed by atoms with Gasteiger partial charge < -0.3 is 14.5 Å². The third kappa shape index (κ3) is 5.57. The number of anilines is 1. The van der Waals surface area contributed by atoms with E-state index in [2.05, 4.69) is 0 Å². The summed E-state index contributed by atoms with van der Waals surface area (Å²) in [6.45, 7) is 1.55. The molecule has 1 fully saturated rings. The number of rotatable bonds is 6. The number of ketones is 1. The van der Waals surface area contributed by atoms with E-state index in [0.29, 0.717) is 6.07 Å². The van der Waals surface area contributed by atoms with Crippen LogP contribution in [0.2, 0.25) is 0 Å². The third-order valence-corrected chi connectivity index (χ3v) is 5.16. The number of nitro benzene ring substituents is 1. The molecule has 2 aromatic rings. The summed E-state index contributed by atoms with van der Waals surface area (Å²) < 4.78 is 59.1. The normalized spacial score (nSPS) is 14.2. The summed E-state index contributed by atoms with van der Waals surface area (Å²) in [4.78, 5) is 36.6. The molecule has 0 unspecified atom stereocenters. The van der Waals surface area contributed by atoms with Crippen molar-refractivity contribution in [3.05, 3.63) is 63.5 Å². The van der Waals surface area contributed by atoms with Gasteiger partial charge in [0.15, 0.2) is 12.4 Å². The predicted molar refractivity (Wildman–Crippen MR) is 109 cm³/mol. The molecular formula is C21H19F4N3O5. The number of Topliss-reactive ketones (excluding diaryl/α,β-unsaturated/α-hetero) is 1. The molecule has 3 rings (SSSR count). The number of alkyl halides is 3. The Hall–Kier alpha value is -3.70. The molecular weight excluding hydrogens is 450 g/mol. The van der Waals surface area contributed by atoms with Crippen LogP contribution in [0.25, 0.3) is 0 Å². The van der Waals surface area contributed by atoms with Crippen LogP contribution in [0.1, 0.15) is 22.8 Å². The standard InChI is InChI=1S/C21H19F4N3O5/c1-13(29)14-2-4-18(17(22)10-14)26-6-8-27(9-7-26)20(30)12-33-19-5-3-15(28(31)32)11-16(19)21(23,24)25/h2-5,10-11H,6-9,12H2,1H3. The van der Waals surface area contributed by atoms with Crippen molar-refractivity contribution in [1.82, 2.24) is 4.90 Å². The first kappa shape index (κ1) is 24.0. The topological polar surface area (TPSA) is 93.0 Å². The maximum Gasteiger partial charge on any atom is 0.420 e. The number of benzene rings is 2. The molecule has 2 aromatic carbocycles. The number of amides is 1. The molecule has 0 saturated carbocycles. The highest BCUT2D eigenvalue weighted by molar-refractivity contribution is 5.94. The Labute approximate surface area is 185 Å². The van der Waals surface area contributed by atoms with Crippen molar-refractivity contribution in [1.29, 1.82) is 0 Å². The largest absolute Gasteiger partial charge is 0.483 e. The monoisotopic (exact) mass is 469 g/mol. The smallest absolute Gasteiger partial charge is 0.420 e. The van der Waals surface area contributed by atoms with E-state index in [1.807, 2.05) is 0 Å². The van der Waals surface area contributed by atoms with Gasteiger partial charge in [0.25, 0.3) is 11.6 Å². The van der Waals surface area contributed by atoms with Crippen molar-refractivity contribution in [3.63, 3.8) is 0 Å². The molecule has 0 aromatic heterocycles. The van der Waals surface area contributed by atoms with Gasteiger partial charge in [-0.15, -0.1) is 0 Å². The zero-order valence-electron chi connectivity index (χ0n) is 17.4. The van der Waals surface area contributed by atoms with Crippen molar-refractivity contribution >= 4 is 23.1 Å². The van der Waals surface area contributed by atoms with E-state index in [1.165, 1.54) is 24.0 Å². The van der Waals surface area contributed by atoms with Crippen LogP contribution >= 0.6 is 0 Å². The van der Waals surface area contributed by atoms with E-state index in [-0.39, 0.29) is 43.2 Å². The molecule has 1 saturated heterocycles. The fourth-order valence-electron chi connectivity index (χ4n) is 3.39. The fraction of sp³-hybridized carbons (Fsp3) is 0.333. The van der Waals surface area contributed by atoms with Gasteiger partial charge in [-0.3, -0.25) is 19.7 Å². The summed E-state index contributed by atoms with van der Waals surface area (Å²) in [6.07, 6.45) is -4.90. The third-order valence-electron chi connectivity index (χ3n) is 5.16. The lowest BCUT2D eigenvalue weighted by Crippen LogP contribution is -2.50. The zero-order chi connectivity index (χ0) is 24.3. The second-order valence-electron chi connectivity index (χ2n) is 7.31. The second kappa shape index (κ2) is 9.43. The summed E-state index contributed by atoms with van der Waals surface area (Å²) >= 11 is 0. The van der Waals surface area contributed by atoms with Crippen LogP contribution in [0.5, 0.6) is 5.75 Å². The first-order valence-electron chi connectivity index (χ1n) is 9.79. The highest BCUT2D eigenvalue weighted by Crippen LogP contribution is 2.38. The van der Waals surface area contributed by atoms with Crippen LogP contribution in [0.3, 0.4) is 0 Å². The van der Waals surface area contributed by atoms with Gasteiger partial charge in [-0.25, -0.2) is 4.39 Å². The van der Waals surface area contributed by atoms with Gasteiger partial charge in [0, 0.05) is 43.9 Å². The highest BCUT2D eigenvalue weighted by Gasteiger charge is 2.36. The van der Waals surface area contributed by atoms with Crippen molar-refractivity contribution < 1.29 is 36.8 Å². The predicted octanol–water partition coefficient (Wildman–Crippen LogP) is 3.68. The molecule has 0 spiro atoms. The SMILES string of the molecule is CC(=O)c1ccc(N2CCN(C(=O)COc3ccc([N+](=O)[O-])cc3C(F)(F)F)CC2)c(F)c1. The van der Waals surface area contributed by atoms with Gasteiger partial charge in [-0.1, -0.05) is 0 Å². The molecule has 176 valence electrons. The maximum absolute atomic E-state index is 14.3. The quantitative estimate of drug-likeness (QED) is 0.277. The molecule has 1 aliphatic heterocycles. The number of nitro groups is 1. The van der Waals surface area contributed by atoms with E-state index in [0.717, 1.165) is 18.2 Å². The molecule has 8 nitrogen and oxygen atoms in total. The molecule has 0 radical (unpaired) electrons. The van der Waals surface area contributed by atoms with E-state index in [9.17, 15) is 37.3 Å². The Kier molecular flexibility index (Phi) is 6.84. The van der Waals surface area contributed by atoms with Crippen LogP contribution in [0.15, 0.2) is 36.4 Å². The second-order valence-corrected chi connectivity index (χ2v) is 7.31. The van der Waals surface area contributed by atoms with Crippen LogP contribution in [0.4, 0.5) is 28.9 Å². The minimum absolute atomic E-state index is 0.183. The summed E-state index contributed by atoms with van der Waals surface area (Å²) in [5.74, 6) is -2.09. The van der Waals surface area contributed by atoms with Crippen LogP contribution in [-0.4, -0.2) is 54.3 Å². The lowest BCUT2D eigenvalue weighted by atomic mass is 10.1. The van der Waals surface area contributed by atoms with Gasteiger partial charge in [0.2, 0.25) is 0 Å². The Morgan fingerprint density at radius 3 is 2.30 bits per heavy atom.